The molecule has 0 fully saturated rings. The fourth-order valence-electron chi connectivity index (χ4n) is 2.76. The van der Waals surface area contributed by atoms with Gasteiger partial charge in [0.25, 0.3) is 5.91 Å². The Hall–Kier alpha value is -2.05. The van der Waals surface area contributed by atoms with Gasteiger partial charge in [0, 0.05) is 22.6 Å². The van der Waals surface area contributed by atoms with Crippen molar-refractivity contribution in [1.82, 2.24) is 10.2 Å². The monoisotopic (exact) mass is 466 g/mol. The number of rotatable bonds is 9. The molecule has 2 aromatic rings. The Morgan fingerprint density at radius 3 is 2.32 bits per heavy atom. The van der Waals surface area contributed by atoms with E-state index in [0.717, 1.165) is 10.0 Å². The molecular weight excluding hydrogens is 444 g/mol. The van der Waals surface area contributed by atoms with Crippen LogP contribution in [-0.4, -0.2) is 35.9 Å². The van der Waals surface area contributed by atoms with Gasteiger partial charge in [0.1, 0.15) is 11.8 Å². The predicted octanol–water partition coefficient (Wildman–Crippen LogP) is 4.42. The Bertz CT molecular complexity index is 781. The van der Waals surface area contributed by atoms with Crippen molar-refractivity contribution in [1.29, 1.82) is 0 Å². The lowest BCUT2D eigenvalue weighted by Gasteiger charge is -2.30. The Morgan fingerprint density at radius 1 is 1.11 bits per heavy atom. The average molecular weight is 468 g/mol. The summed E-state index contributed by atoms with van der Waals surface area (Å²) in [5.74, 6) is 0.168. The standard InChI is InChI=1S/C21H24BrClN2O3/c1-3-19(21(27)24-4-2)25(13-15-5-9-17(23)10-6-15)20(26)14-28-18-11-7-16(22)8-12-18/h5-12,19H,3-4,13-14H2,1-2H3,(H,24,27)/t19-/m0/s1. The number of carbonyl (C=O) groups is 2. The average Bonchev–Trinajstić information content (AvgIpc) is 2.69. The molecule has 2 rings (SSSR count). The van der Waals surface area contributed by atoms with Crippen LogP contribution in [0.4, 0.5) is 0 Å². The number of halogens is 2. The molecule has 0 saturated carbocycles. The molecule has 0 aliphatic rings. The van der Waals surface area contributed by atoms with E-state index in [9.17, 15) is 9.59 Å². The zero-order valence-electron chi connectivity index (χ0n) is 16.0. The van der Waals surface area contributed by atoms with Crippen molar-refractivity contribution < 1.29 is 14.3 Å². The highest BCUT2D eigenvalue weighted by molar-refractivity contribution is 9.10. The molecule has 150 valence electrons. The van der Waals surface area contributed by atoms with Crippen LogP contribution >= 0.6 is 27.5 Å². The quantitative estimate of drug-likeness (QED) is 0.594. The smallest absolute Gasteiger partial charge is 0.261 e. The minimum Gasteiger partial charge on any atom is -0.484 e. The first kappa shape index (κ1) is 22.2. The number of likely N-dealkylation sites (N-methyl/N-ethyl adjacent to an activating group) is 1. The summed E-state index contributed by atoms with van der Waals surface area (Å²) in [4.78, 5) is 27.0. The minimum absolute atomic E-state index is 0.148. The molecule has 0 aliphatic carbocycles. The van der Waals surface area contributed by atoms with Gasteiger partial charge >= 0.3 is 0 Å². The Kier molecular flexibility index (Phi) is 8.80. The van der Waals surface area contributed by atoms with Gasteiger partial charge in [-0.3, -0.25) is 9.59 Å². The molecule has 0 radical (unpaired) electrons. The van der Waals surface area contributed by atoms with Gasteiger partial charge in [-0.2, -0.15) is 0 Å². The van der Waals surface area contributed by atoms with Gasteiger partial charge in [0.05, 0.1) is 0 Å². The topological polar surface area (TPSA) is 58.6 Å². The van der Waals surface area contributed by atoms with Crippen LogP contribution < -0.4 is 10.1 Å². The van der Waals surface area contributed by atoms with Crippen LogP contribution in [0, 0.1) is 0 Å². The molecule has 0 aromatic heterocycles. The second-order valence-corrected chi connectivity index (χ2v) is 7.56. The fraction of sp³-hybridized carbons (Fsp3) is 0.333. The summed E-state index contributed by atoms with van der Waals surface area (Å²) < 4.78 is 6.56. The minimum atomic E-state index is -0.573. The van der Waals surface area contributed by atoms with Gasteiger partial charge in [-0.1, -0.05) is 46.6 Å². The molecule has 0 saturated heterocycles. The van der Waals surface area contributed by atoms with E-state index in [1.165, 1.54) is 0 Å². The lowest BCUT2D eigenvalue weighted by atomic mass is 10.1. The molecule has 0 spiro atoms. The van der Waals surface area contributed by atoms with Gasteiger partial charge in [-0.15, -0.1) is 0 Å². The SMILES string of the molecule is CCNC(=O)[C@H](CC)N(Cc1ccc(Cl)cc1)C(=O)COc1ccc(Br)cc1. The maximum Gasteiger partial charge on any atom is 0.261 e. The van der Waals surface area contributed by atoms with Gasteiger partial charge < -0.3 is 15.0 Å². The molecule has 2 amide bonds. The van der Waals surface area contributed by atoms with E-state index < -0.39 is 6.04 Å². The fourth-order valence-corrected chi connectivity index (χ4v) is 3.15. The molecule has 5 nitrogen and oxygen atoms in total. The zero-order chi connectivity index (χ0) is 20.5. The first-order valence-corrected chi connectivity index (χ1v) is 10.3. The number of amides is 2. The van der Waals surface area contributed by atoms with Crippen LogP contribution in [0.3, 0.4) is 0 Å². The van der Waals surface area contributed by atoms with Gasteiger partial charge in [-0.05, 0) is 55.3 Å². The maximum atomic E-state index is 12.9. The summed E-state index contributed by atoms with van der Waals surface area (Å²) in [6, 6.07) is 13.9. The lowest BCUT2D eigenvalue weighted by Crippen LogP contribution is -2.50. The zero-order valence-corrected chi connectivity index (χ0v) is 18.3. The molecule has 0 bridgehead atoms. The molecule has 0 unspecified atom stereocenters. The summed E-state index contributed by atoms with van der Waals surface area (Å²) in [6.07, 6.45) is 0.503. The van der Waals surface area contributed by atoms with E-state index in [0.29, 0.717) is 30.3 Å². The number of hydrogen-bond donors (Lipinski definition) is 1. The maximum absolute atomic E-state index is 12.9. The van der Waals surface area contributed by atoms with Crippen molar-refractivity contribution in [3.8, 4) is 5.75 Å². The van der Waals surface area contributed by atoms with E-state index in [1.807, 2.05) is 38.1 Å². The van der Waals surface area contributed by atoms with Crippen molar-refractivity contribution in [3.63, 3.8) is 0 Å². The third-order valence-electron chi connectivity index (χ3n) is 4.18. The molecule has 2 aromatic carbocycles. The van der Waals surface area contributed by atoms with Crippen molar-refractivity contribution >= 4 is 39.3 Å². The van der Waals surface area contributed by atoms with E-state index in [2.05, 4.69) is 21.2 Å². The van der Waals surface area contributed by atoms with Gasteiger partial charge in [0.2, 0.25) is 5.91 Å². The first-order chi connectivity index (χ1) is 13.4. The first-order valence-electron chi connectivity index (χ1n) is 9.14. The van der Waals surface area contributed by atoms with Crippen LogP contribution in [0.15, 0.2) is 53.0 Å². The third-order valence-corrected chi connectivity index (χ3v) is 4.96. The number of hydrogen-bond acceptors (Lipinski definition) is 3. The van der Waals surface area contributed by atoms with E-state index in [1.54, 1.807) is 29.2 Å². The van der Waals surface area contributed by atoms with Gasteiger partial charge in [0.15, 0.2) is 6.61 Å². The normalized spacial score (nSPS) is 11.6. The summed E-state index contributed by atoms with van der Waals surface area (Å²) in [5, 5.41) is 3.43. The molecular formula is C21H24BrClN2O3. The van der Waals surface area contributed by atoms with Crippen molar-refractivity contribution in [2.75, 3.05) is 13.2 Å². The van der Waals surface area contributed by atoms with Crippen molar-refractivity contribution in [3.05, 3.63) is 63.6 Å². The third kappa shape index (κ3) is 6.53. The summed E-state index contributed by atoms with van der Waals surface area (Å²) >= 11 is 9.32. The second-order valence-electron chi connectivity index (χ2n) is 6.21. The molecule has 7 heteroatoms. The largest absolute Gasteiger partial charge is 0.484 e. The highest BCUT2D eigenvalue weighted by atomic mass is 79.9. The number of nitrogens with one attached hydrogen (secondary N) is 1. The van der Waals surface area contributed by atoms with Crippen LogP contribution in [0.1, 0.15) is 25.8 Å². The van der Waals surface area contributed by atoms with Crippen LogP contribution in [0.5, 0.6) is 5.75 Å². The number of nitrogens with zero attached hydrogens (tertiary/aromatic N) is 1. The molecule has 1 N–H and O–H groups in total. The van der Waals surface area contributed by atoms with Crippen molar-refractivity contribution in [2.45, 2.75) is 32.9 Å². The molecule has 0 aliphatic heterocycles. The summed E-state index contributed by atoms with van der Waals surface area (Å²) in [7, 11) is 0. The Morgan fingerprint density at radius 2 is 1.75 bits per heavy atom. The van der Waals surface area contributed by atoms with Crippen LogP contribution in [0.2, 0.25) is 5.02 Å². The number of ether oxygens (including phenoxy) is 1. The number of benzene rings is 2. The molecule has 1 atom stereocenters. The summed E-state index contributed by atoms with van der Waals surface area (Å²) in [5.41, 5.74) is 0.893. The summed E-state index contributed by atoms with van der Waals surface area (Å²) in [6.45, 7) is 4.40. The van der Waals surface area contributed by atoms with Gasteiger partial charge in [-0.25, -0.2) is 0 Å². The predicted molar refractivity (Wildman–Crippen MR) is 114 cm³/mol. The molecule has 0 heterocycles. The van der Waals surface area contributed by atoms with Crippen LogP contribution in [-0.2, 0) is 16.1 Å². The van der Waals surface area contributed by atoms with E-state index in [4.69, 9.17) is 16.3 Å². The molecule has 28 heavy (non-hydrogen) atoms. The lowest BCUT2D eigenvalue weighted by molar-refractivity contribution is -0.142. The van der Waals surface area contributed by atoms with Crippen molar-refractivity contribution in [2.24, 2.45) is 0 Å². The van der Waals surface area contributed by atoms with E-state index in [-0.39, 0.29) is 18.4 Å². The van der Waals surface area contributed by atoms with Crippen LogP contribution in [0.25, 0.3) is 0 Å². The highest BCUT2D eigenvalue weighted by Crippen LogP contribution is 2.18. The Labute approximate surface area is 179 Å². The second kappa shape index (κ2) is 11.1. The number of carbonyl (C=O) groups excluding carboxylic acids is 2. The Balaban J connectivity index is 2.16. The highest BCUT2D eigenvalue weighted by Gasteiger charge is 2.28. The van der Waals surface area contributed by atoms with E-state index >= 15 is 0 Å².